The van der Waals surface area contributed by atoms with Gasteiger partial charge in [-0.2, -0.15) is 0 Å². The maximum absolute atomic E-state index is 12.2. The predicted molar refractivity (Wildman–Crippen MR) is 105 cm³/mol. The maximum atomic E-state index is 12.2. The minimum absolute atomic E-state index is 0.0110. The molecular formula is C18H14N2O4S2. The topological polar surface area (TPSA) is 72.7 Å². The van der Waals surface area contributed by atoms with Crippen LogP contribution in [-0.2, 0) is 11.4 Å². The van der Waals surface area contributed by atoms with Gasteiger partial charge in [-0.3, -0.25) is 19.8 Å². The molecule has 1 fully saturated rings. The van der Waals surface area contributed by atoms with E-state index in [1.165, 1.54) is 22.7 Å². The van der Waals surface area contributed by atoms with Crippen LogP contribution in [0.2, 0.25) is 0 Å². The molecule has 0 unspecified atom stereocenters. The van der Waals surface area contributed by atoms with E-state index in [4.69, 9.17) is 17.0 Å². The fourth-order valence-electron chi connectivity index (χ4n) is 2.38. The molecule has 0 saturated carbocycles. The van der Waals surface area contributed by atoms with Crippen molar-refractivity contribution >= 4 is 46.0 Å². The van der Waals surface area contributed by atoms with Crippen molar-refractivity contribution in [3.05, 3.63) is 74.7 Å². The lowest BCUT2D eigenvalue weighted by Crippen LogP contribution is -2.22. The molecule has 0 atom stereocenters. The molecule has 0 aliphatic carbocycles. The third-order valence-corrected chi connectivity index (χ3v) is 5.25. The molecule has 0 bridgehead atoms. The summed E-state index contributed by atoms with van der Waals surface area (Å²) < 4.78 is 6.30. The number of thioether (sulfide) groups is 1. The summed E-state index contributed by atoms with van der Waals surface area (Å²) >= 11 is 6.36. The Morgan fingerprint density at radius 2 is 1.92 bits per heavy atom. The lowest BCUT2D eigenvalue weighted by atomic mass is 10.1. The fourth-order valence-corrected chi connectivity index (χ4v) is 3.55. The highest BCUT2D eigenvalue weighted by molar-refractivity contribution is 8.26. The second-order valence-electron chi connectivity index (χ2n) is 5.45. The predicted octanol–water partition coefficient (Wildman–Crippen LogP) is 4.00. The first-order valence-electron chi connectivity index (χ1n) is 7.63. The van der Waals surface area contributed by atoms with Crippen LogP contribution in [0.5, 0.6) is 5.75 Å². The normalized spacial score (nSPS) is 15.6. The Morgan fingerprint density at radius 1 is 1.23 bits per heavy atom. The number of para-hydroxylation sites is 2. The highest BCUT2D eigenvalue weighted by Gasteiger charge is 2.28. The molecule has 0 aromatic heterocycles. The van der Waals surface area contributed by atoms with Gasteiger partial charge in [-0.15, -0.1) is 0 Å². The Bertz CT molecular complexity index is 927. The van der Waals surface area contributed by atoms with Crippen LogP contribution in [0.4, 0.5) is 5.69 Å². The summed E-state index contributed by atoms with van der Waals surface area (Å²) in [4.78, 5) is 24.8. The molecule has 0 radical (unpaired) electrons. The van der Waals surface area contributed by atoms with E-state index in [1.54, 1.807) is 43.5 Å². The Kier molecular flexibility index (Phi) is 5.34. The SMILES string of the molecule is CN1C(=O)C(=Cc2ccccc2OCc2ccccc2[N+](=O)[O-])SC1=S. The van der Waals surface area contributed by atoms with Crippen molar-refractivity contribution in [3.8, 4) is 5.75 Å². The average Bonchev–Trinajstić information content (AvgIpc) is 2.88. The van der Waals surface area contributed by atoms with Gasteiger partial charge in [-0.05, 0) is 18.2 Å². The highest BCUT2D eigenvalue weighted by atomic mass is 32.2. The van der Waals surface area contributed by atoms with E-state index in [0.717, 1.165) is 0 Å². The van der Waals surface area contributed by atoms with Crippen LogP contribution in [0.25, 0.3) is 6.08 Å². The van der Waals surface area contributed by atoms with Gasteiger partial charge in [-0.1, -0.05) is 54.3 Å². The van der Waals surface area contributed by atoms with Crippen LogP contribution in [-0.4, -0.2) is 27.1 Å². The molecule has 1 aliphatic heterocycles. The zero-order valence-electron chi connectivity index (χ0n) is 13.7. The maximum Gasteiger partial charge on any atom is 0.276 e. The van der Waals surface area contributed by atoms with Gasteiger partial charge in [0.05, 0.1) is 15.4 Å². The third kappa shape index (κ3) is 3.76. The zero-order valence-corrected chi connectivity index (χ0v) is 15.4. The quantitative estimate of drug-likeness (QED) is 0.335. The molecule has 0 spiro atoms. The number of benzene rings is 2. The lowest BCUT2D eigenvalue weighted by molar-refractivity contribution is -0.385. The highest BCUT2D eigenvalue weighted by Crippen LogP contribution is 2.33. The van der Waals surface area contributed by atoms with Crippen LogP contribution in [0.1, 0.15) is 11.1 Å². The number of nitro groups is 1. The Labute approximate surface area is 159 Å². The minimum Gasteiger partial charge on any atom is -0.488 e. The molecule has 2 aromatic carbocycles. The van der Waals surface area contributed by atoms with Crippen LogP contribution in [0.3, 0.4) is 0 Å². The summed E-state index contributed by atoms with van der Waals surface area (Å²) in [6.07, 6.45) is 1.72. The molecule has 3 rings (SSSR count). The summed E-state index contributed by atoms with van der Waals surface area (Å²) in [5.41, 5.74) is 1.20. The molecule has 1 saturated heterocycles. The van der Waals surface area contributed by atoms with Crippen LogP contribution >= 0.6 is 24.0 Å². The molecule has 2 aromatic rings. The molecular weight excluding hydrogens is 372 g/mol. The fraction of sp³-hybridized carbons (Fsp3) is 0.111. The van der Waals surface area contributed by atoms with Crippen LogP contribution in [0.15, 0.2) is 53.4 Å². The molecule has 1 aliphatic rings. The first-order valence-corrected chi connectivity index (χ1v) is 8.85. The van der Waals surface area contributed by atoms with E-state index in [2.05, 4.69) is 0 Å². The summed E-state index contributed by atoms with van der Waals surface area (Å²) in [6, 6.07) is 13.6. The number of likely N-dealkylation sites (N-methyl/N-ethyl adjacent to an activating group) is 1. The molecule has 1 amide bonds. The molecule has 0 N–H and O–H groups in total. The van der Waals surface area contributed by atoms with Gasteiger partial charge >= 0.3 is 0 Å². The van der Waals surface area contributed by atoms with E-state index in [-0.39, 0.29) is 18.2 Å². The number of carbonyl (C=O) groups excluding carboxylic acids is 1. The smallest absolute Gasteiger partial charge is 0.276 e. The first-order chi connectivity index (χ1) is 12.5. The Hall–Kier alpha value is -2.71. The van der Waals surface area contributed by atoms with E-state index < -0.39 is 4.92 Å². The summed E-state index contributed by atoms with van der Waals surface area (Å²) in [5.74, 6) is 0.375. The van der Waals surface area contributed by atoms with E-state index in [9.17, 15) is 14.9 Å². The molecule has 8 heteroatoms. The van der Waals surface area contributed by atoms with E-state index in [1.807, 2.05) is 12.1 Å². The van der Waals surface area contributed by atoms with Gasteiger partial charge in [0.1, 0.15) is 16.7 Å². The molecule has 1 heterocycles. The number of nitro benzene ring substituents is 1. The van der Waals surface area contributed by atoms with Gasteiger partial charge in [-0.25, -0.2) is 0 Å². The third-order valence-electron chi connectivity index (χ3n) is 3.76. The number of amides is 1. The zero-order chi connectivity index (χ0) is 18.7. The van der Waals surface area contributed by atoms with Gasteiger partial charge in [0.2, 0.25) is 0 Å². The van der Waals surface area contributed by atoms with Crippen molar-refractivity contribution in [1.82, 2.24) is 4.90 Å². The van der Waals surface area contributed by atoms with Crippen molar-refractivity contribution in [3.63, 3.8) is 0 Å². The number of rotatable bonds is 5. The van der Waals surface area contributed by atoms with E-state index >= 15 is 0 Å². The van der Waals surface area contributed by atoms with Crippen LogP contribution in [0, 0.1) is 10.1 Å². The monoisotopic (exact) mass is 386 g/mol. The van der Waals surface area contributed by atoms with Gasteiger partial charge in [0, 0.05) is 18.7 Å². The number of carbonyl (C=O) groups is 1. The second-order valence-corrected chi connectivity index (χ2v) is 7.13. The number of hydrogen-bond acceptors (Lipinski definition) is 6. The Morgan fingerprint density at radius 3 is 2.62 bits per heavy atom. The lowest BCUT2D eigenvalue weighted by Gasteiger charge is -2.10. The molecule has 132 valence electrons. The van der Waals surface area contributed by atoms with Gasteiger partial charge in [0.25, 0.3) is 11.6 Å². The number of thiocarbonyl (C=S) groups is 1. The van der Waals surface area contributed by atoms with E-state index in [0.29, 0.717) is 26.1 Å². The van der Waals surface area contributed by atoms with Crippen LogP contribution < -0.4 is 4.74 Å². The average molecular weight is 386 g/mol. The van der Waals surface area contributed by atoms with Crippen molar-refractivity contribution in [2.24, 2.45) is 0 Å². The second kappa shape index (κ2) is 7.67. The first kappa shape index (κ1) is 18.1. The van der Waals surface area contributed by atoms with Crippen molar-refractivity contribution in [2.45, 2.75) is 6.61 Å². The van der Waals surface area contributed by atoms with Gasteiger partial charge in [0.15, 0.2) is 0 Å². The summed E-state index contributed by atoms with van der Waals surface area (Å²) in [6.45, 7) is 0.0523. The molecule has 6 nitrogen and oxygen atoms in total. The molecule has 26 heavy (non-hydrogen) atoms. The number of nitrogens with zero attached hydrogens (tertiary/aromatic N) is 2. The number of hydrogen-bond donors (Lipinski definition) is 0. The standard InChI is InChI=1S/C18H14N2O4S2/c1-19-17(21)16(26-18(19)25)10-12-6-3-5-9-15(12)24-11-13-7-2-4-8-14(13)20(22)23/h2-10H,11H2,1H3. The summed E-state index contributed by atoms with van der Waals surface area (Å²) in [7, 11) is 1.63. The summed E-state index contributed by atoms with van der Waals surface area (Å²) in [5, 5.41) is 11.1. The van der Waals surface area contributed by atoms with Crippen molar-refractivity contribution in [2.75, 3.05) is 7.05 Å². The minimum atomic E-state index is -0.433. The van der Waals surface area contributed by atoms with Crippen molar-refractivity contribution in [1.29, 1.82) is 0 Å². The Balaban J connectivity index is 1.84. The largest absolute Gasteiger partial charge is 0.488 e. The van der Waals surface area contributed by atoms with Gasteiger partial charge < -0.3 is 4.74 Å². The number of ether oxygens (including phenoxy) is 1. The van der Waals surface area contributed by atoms with Crippen molar-refractivity contribution < 1.29 is 14.5 Å².